The fourth-order valence-electron chi connectivity index (χ4n) is 3.38. The third-order valence-electron chi connectivity index (χ3n) is 4.77. The largest absolute Gasteiger partial charge is 0.474 e. The molecule has 4 N–H and O–H groups in total. The number of carbonyl (C=O) groups excluding carboxylic acids is 1. The number of benzene rings is 3. The lowest BCUT2D eigenvalue weighted by Gasteiger charge is -2.33. The number of Topliss-reactive ketones (excluding diaryl/α,β-unsaturated/α-hetero) is 1. The zero-order valence-corrected chi connectivity index (χ0v) is 16.3. The molecule has 5 heteroatoms. The summed E-state index contributed by atoms with van der Waals surface area (Å²) >= 11 is 0. The second kappa shape index (κ2) is 8.17. The molecule has 1 aliphatic carbocycles. The second-order valence-corrected chi connectivity index (χ2v) is 7.10. The molecule has 3 aromatic rings. The summed E-state index contributed by atoms with van der Waals surface area (Å²) in [5, 5.41) is 0. The van der Waals surface area contributed by atoms with Crippen molar-refractivity contribution in [2.24, 2.45) is 0 Å². The second-order valence-electron chi connectivity index (χ2n) is 7.10. The van der Waals surface area contributed by atoms with Gasteiger partial charge in [0.05, 0.1) is 6.42 Å². The van der Waals surface area contributed by atoms with Crippen molar-refractivity contribution < 1.29 is 14.3 Å². The maximum absolute atomic E-state index is 13.6. The van der Waals surface area contributed by atoms with Crippen LogP contribution in [-0.2, 0) is 0 Å². The number of allylic oxidation sites excluding steroid dienone is 2. The summed E-state index contributed by atoms with van der Waals surface area (Å²) in [6.07, 6.45) is 5.58. The smallest absolute Gasteiger partial charge is 0.210 e. The van der Waals surface area contributed by atoms with Crippen LogP contribution in [0.4, 0.5) is 11.4 Å². The van der Waals surface area contributed by atoms with Gasteiger partial charge in [0.25, 0.3) is 0 Å². The Kier molecular flexibility index (Phi) is 5.26. The van der Waals surface area contributed by atoms with Gasteiger partial charge in [0.1, 0.15) is 17.3 Å². The number of hydrogen-bond donors (Lipinski definition) is 2. The highest BCUT2D eigenvalue weighted by Gasteiger charge is 2.42. The van der Waals surface area contributed by atoms with Crippen molar-refractivity contribution in [1.29, 1.82) is 0 Å². The van der Waals surface area contributed by atoms with Gasteiger partial charge in [0.2, 0.25) is 5.78 Å². The van der Waals surface area contributed by atoms with E-state index in [2.05, 4.69) is 0 Å². The van der Waals surface area contributed by atoms with E-state index in [4.69, 9.17) is 20.9 Å². The van der Waals surface area contributed by atoms with Gasteiger partial charge >= 0.3 is 0 Å². The lowest BCUT2D eigenvalue weighted by molar-refractivity contribution is 0.0584. The third kappa shape index (κ3) is 4.20. The molecule has 0 spiro atoms. The summed E-state index contributed by atoms with van der Waals surface area (Å²) in [7, 11) is 0. The van der Waals surface area contributed by atoms with E-state index < -0.39 is 5.60 Å². The molecule has 3 aromatic carbocycles. The Morgan fingerprint density at radius 2 is 1.50 bits per heavy atom. The van der Waals surface area contributed by atoms with Crippen LogP contribution in [0, 0.1) is 0 Å². The van der Waals surface area contributed by atoms with Crippen LogP contribution in [0.3, 0.4) is 0 Å². The number of ketones is 1. The van der Waals surface area contributed by atoms with Gasteiger partial charge in [-0.3, -0.25) is 4.79 Å². The molecule has 1 aliphatic rings. The van der Waals surface area contributed by atoms with Gasteiger partial charge in [0.15, 0.2) is 5.60 Å². The average Bonchev–Trinajstić information content (AvgIpc) is 2.74. The predicted molar refractivity (Wildman–Crippen MR) is 118 cm³/mol. The quantitative estimate of drug-likeness (QED) is 0.461. The fraction of sp³-hybridized carbons (Fsp3) is 0.0800. The molecule has 0 radical (unpaired) electrons. The number of carbonyl (C=O) groups is 1. The van der Waals surface area contributed by atoms with Crippen molar-refractivity contribution >= 4 is 17.2 Å². The van der Waals surface area contributed by atoms with Gasteiger partial charge in [-0.1, -0.05) is 48.5 Å². The molecule has 0 aromatic heterocycles. The Morgan fingerprint density at radius 1 is 0.833 bits per heavy atom. The van der Waals surface area contributed by atoms with Gasteiger partial charge in [-0.15, -0.1) is 0 Å². The van der Waals surface area contributed by atoms with E-state index in [1.165, 1.54) is 0 Å². The Labute approximate surface area is 175 Å². The summed E-state index contributed by atoms with van der Waals surface area (Å²) in [5.41, 5.74) is 12.2. The van der Waals surface area contributed by atoms with Crippen LogP contribution in [0.2, 0.25) is 0 Å². The summed E-state index contributed by atoms with van der Waals surface area (Å²) in [4.78, 5) is 13.6. The first-order chi connectivity index (χ1) is 14.5. The van der Waals surface area contributed by atoms with Crippen molar-refractivity contribution in [2.75, 3.05) is 11.5 Å². The fourth-order valence-corrected chi connectivity index (χ4v) is 3.38. The lowest BCUT2D eigenvalue weighted by Crippen LogP contribution is -2.44. The zero-order valence-electron chi connectivity index (χ0n) is 16.3. The van der Waals surface area contributed by atoms with Crippen LogP contribution < -0.4 is 20.9 Å². The minimum Gasteiger partial charge on any atom is -0.474 e. The van der Waals surface area contributed by atoms with Gasteiger partial charge < -0.3 is 20.9 Å². The Morgan fingerprint density at radius 3 is 2.20 bits per heavy atom. The maximum Gasteiger partial charge on any atom is 0.210 e. The van der Waals surface area contributed by atoms with Crippen LogP contribution in [0.1, 0.15) is 16.8 Å². The first-order valence-electron chi connectivity index (χ1n) is 9.60. The predicted octanol–water partition coefficient (Wildman–Crippen LogP) is 4.77. The van der Waals surface area contributed by atoms with Crippen molar-refractivity contribution in [3.63, 3.8) is 0 Å². The summed E-state index contributed by atoms with van der Waals surface area (Å²) in [6.45, 7) is 0. The molecule has 0 heterocycles. The highest BCUT2D eigenvalue weighted by atomic mass is 16.5. The van der Waals surface area contributed by atoms with E-state index in [1.54, 1.807) is 60.7 Å². The molecule has 1 unspecified atom stereocenters. The zero-order chi connectivity index (χ0) is 21.0. The van der Waals surface area contributed by atoms with E-state index in [0.717, 1.165) is 0 Å². The minimum absolute atomic E-state index is 0.163. The Balaban J connectivity index is 1.68. The van der Waals surface area contributed by atoms with E-state index >= 15 is 0 Å². The van der Waals surface area contributed by atoms with E-state index in [0.29, 0.717) is 34.2 Å². The number of ether oxygens (including phenoxy) is 2. The number of nitrogen functional groups attached to an aromatic ring is 2. The molecule has 0 saturated carbocycles. The summed E-state index contributed by atoms with van der Waals surface area (Å²) in [5.74, 6) is 1.54. The molecule has 150 valence electrons. The summed E-state index contributed by atoms with van der Waals surface area (Å²) < 4.78 is 12.3. The van der Waals surface area contributed by atoms with Crippen LogP contribution in [0.15, 0.2) is 103 Å². The van der Waals surface area contributed by atoms with Crippen LogP contribution in [-0.4, -0.2) is 11.4 Å². The molecule has 0 fully saturated rings. The molecule has 0 amide bonds. The summed E-state index contributed by atoms with van der Waals surface area (Å²) in [6, 6.07) is 23.3. The topological polar surface area (TPSA) is 87.6 Å². The monoisotopic (exact) mass is 398 g/mol. The number of hydrogen-bond acceptors (Lipinski definition) is 5. The first-order valence-corrected chi connectivity index (χ1v) is 9.60. The van der Waals surface area contributed by atoms with Gasteiger partial charge in [-0.2, -0.15) is 0 Å². The molecule has 0 bridgehead atoms. The molecule has 30 heavy (non-hydrogen) atoms. The van der Waals surface area contributed by atoms with E-state index in [9.17, 15) is 4.79 Å². The normalized spacial score (nSPS) is 17.8. The molecule has 4 rings (SSSR count). The van der Waals surface area contributed by atoms with Gasteiger partial charge in [-0.25, -0.2) is 0 Å². The number of rotatable bonds is 6. The molecule has 5 nitrogen and oxygen atoms in total. The number of anilines is 2. The Bertz CT molecular complexity index is 1120. The molecular weight excluding hydrogens is 376 g/mol. The van der Waals surface area contributed by atoms with Crippen molar-refractivity contribution in [3.8, 4) is 11.5 Å². The highest BCUT2D eigenvalue weighted by molar-refractivity contribution is 6.04. The molecule has 0 saturated heterocycles. The van der Waals surface area contributed by atoms with Gasteiger partial charge in [0, 0.05) is 29.1 Å². The molecular formula is C25H22N2O3. The van der Waals surface area contributed by atoms with Crippen LogP contribution in [0.5, 0.6) is 11.5 Å². The first kappa shape index (κ1) is 19.3. The maximum atomic E-state index is 13.6. The molecule has 1 atom stereocenters. The van der Waals surface area contributed by atoms with Crippen LogP contribution in [0.25, 0.3) is 0 Å². The average molecular weight is 398 g/mol. The van der Waals surface area contributed by atoms with Crippen molar-refractivity contribution in [2.45, 2.75) is 12.0 Å². The third-order valence-corrected chi connectivity index (χ3v) is 4.77. The van der Waals surface area contributed by atoms with Crippen molar-refractivity contribution in [1.82, 2.24) is 0 Å². The number of nitrogens with two attached hydrogens (primary N) is 2. The highest BCUT2D eigenvalue weighted by Crippen LogP contribution is 2.34. The lowest BCUT2D eigenvalue weighted by atomic mass is 9.85. The van der Waals surface area contributed by atoms with Gasteiger partial charge in [-0.05, 0) is 36.4 Å². The standard InChI is InChI=1S/C25H22N2O3/c26-19-9-4-11-21(15-19)29-23-13-6-14-25(17-23,24(28)18-7-2-1-3-8-18)30-22-12-5-10-20(27)16-22/h1-16H,17,26-27H2. The Hall–Kier alpha value is -3.99. The molecule has 0 aliphatic heterocycles. The van der Waals surface area contributed by atoms with Crippen molar-refractivity contribution in [3.05, 3.63) is 108 Å². The SMILES string of the molecule is Nc1cccc(OC2=CC=CC(Oc3cccc(N)c3)(C(=O)c3ccccc3)C2)c1. The van der Waals surface area contributed by atoms with E-state index in [1.807, 2.05) is 36.4 Å². The van der Waals surface area contributed by atoms with E-state index in [-0.39, 0.29) is 12.2 Å². The van der Waals surface area contributed by atoms with Crippen LogP contribution >= 0.6 is 0 Å². The minimum atomic E-state index is -1.26.